The first-order valence-electron chi connectivity index (χ1n) is 6.16. The SMILES string of the molecule is CCCNC(=O)c1c(OS(=O)(=O)C(F)(F)F)cccc1C(=O)O. The van der Waals surface area contributed by atoms with Gasteiger partial charge in [0.05, 0.1) is 11.1 Å². The Morgan fingerprint density at radius 1 is 1.30 bits per heavy atom. The fourth-order valence-electron chi connectivity index (χ4n) is 1.51. The van der Waals surface area contributed by atoms with E-state index < -0.39 is 44.4 Å². The third-order valence-corrected chi connectivity index (χ3v) is 3.47. The Bertz CT molecular complexity index is 714. The lowest BCUT2D eigenvalue weighted by molar-refractivity contribution is -0.0500. The first-order valence-corrected chi connectivity index (χ1v) is 7.57. The molecule has 0 radical (unpaired) electrons. The van der Waals surface area contributed by atoms with Gasteiger partial charge in [-0.3, -0.25) is 4.79 Å². The number of carboxylic acid groups (broad SMARTS) is 1. The number of rotatable bonds is 6. The van der Waals surface area contributed by atoms with Gasteiger partial charge in [0.1, 0.15) is 0 Å². The predicted octanol–water partition coefficient (Wildman–Crippen LogP) is 1.75. The summed E-state index contributed by atoms with van der Waals surface area (Å²) in [6.07, 6.45) is 0.470. The van der Waals surface area contributed by atoms with E-state index in [-0.39, 0.29) is 6.54 Å². The monoisotopic (exact) mass is 355 g/mol. The summed E-state index contributed by atoms with van der Waals surface area (Å²) < 4.78 is 63.2. The number of carbonyl (C=O) groups is 2. The highest BCUT2D eigenvalue weighted by Gasteiger charge is 2.49. The van der Waals surface area contributed by atoms with E-state index in [1.165, 1.54) is 0 Å². The second-order valence-electron chi connectivity index (χ2n) is 4.22. The molecule has 2 N–H and O–H groups in total. The van der Waals surface area contributed by atoms with Crippen LogP contribution in [0.1, 0.15) is 34.1 Å². The van der Waals surface area contributed by atoms with E-state index in [1.807, 2.05) is 0 Å². The standard InChI is InChI=1S/C12H12F3NO6S/c1-2-6-16-10(17)9-7(11(18)19)4-3-5-8(9)22-23(20,21)12(13,14)15/h3-5H,2,6H2,1H3,(H,16,17)(H,18,19). The molecule has 0 saturated carbocycles. The molecule has 0 spiro atoms. The van der Waals surface area contributed by atoms with Gasteiger partial charge in [0, 0.05) is 6.54 Å². The average molecular weight is 355 g/mol. The van der Waals surface area contributed by atoms with Crippen LogP contribution < -0.4 is 9.50 Å². The van der Waals surface area contributed by atoms with Crippen LogP contribution in [-0.4, -0.2) is 37.5 Å². The van der Waals surface area contributed by atoms with Crippen molar-refractivity contribution in [3.8, 4) is 5.75 Å². The van der Waals surface area contributed by atoms with Crippen LogP contribution in [0.2, 0.25) is 0 Å². The van der Waals surface area contributed by atoms with E-state index in [4.69, 9.17) is 5.11 Å². The van der Waals surface area contributed by atoms with E-state index in [2.05, 4.69) is 9.50 Å². The Morgan fingerprint density at radius 3 is 2.39 bits per heavy atom. The first-order chi connectivity index (χ1) is 10.5. The Kier molecular flexibility index (Phi) is 5.59. The number of benzene rings is 1. The van der Waals surface area contributed by atoms with Crippen LogP contribution in [0, 0.1) is 0 Å². The highest BCUT2D eigenvalue weighted by atomic mass is 32.2. The second-order valence-corrected chi connectivity index (χ2v) is 5.76. The van der Waals surface area contributed by atoms with Crippen LogP contribution >= 0.6 is 0 Å². The van der Waals surface area contributed by atoms with Crippen molar-refractivity contribution in [2.24, 2.45) is 0 Å². The van der Waals surface area contributed by atoms with Crippen molar-refractivity contribution in [3.63, 3.8) is 0 Å². The van der Waals surface area contributed by atoms with Gasteiger partial charge in [-0.2, -0.15) is 21.6 Å². The molecule has 0 fully saturated rings. The molecule has 1 rings (SSSR count). The molecule has 0 aliphatic carbocycles. The summed E-state index contributed by atoms with van der Waals surface area (Å²) in [5.41, 5.74) is -7.21. The zero-order valence-corrected chi connectivity index (χ0v) is 12.5. The molecule has 11 heteroatoms. The van der Waals surface area contributed by atoms with E-state index in [9.17, 15) is 31.2 Å². The molecule has 1 aromatic rings. The summed E-state index contributed by atoms with van der Waals surface area (Å²) >= 11 is 0. The molecule has 0 atom stereocenters. The van der Waals surface area contributed by atoms with Crippen LogP contribution in [0.15, 0.2) is 18.2 Å². The molecule has 7 nitrogen and oxygen atoms in total. The lowest BCUT2D eigenvalue weighted by Gasteiger charge is -2.14. The highest BCUT2D eigenvalue weighted by molar-refractivity contribution is 7.88. The van der Waals surface area contributed by atoms with Gasteiger partial charge in [0.15, 0.2) is 5.75 Å². The van der Waals surface area contributed by atoms with Crippen molar-refractivity contribution in [2.75, 3.05) is 6.54 Å². The predicted molar refractivity (Wildman–Crippen MR) is 71.6 cm³/mol. The molecule has 0 unspecified atom stereocenters. The molecule has 0 bridgehead atoms. The summed E-state index contributed by atoms with van der Waals surface area (Å²) in [7, 11) is -6.04. The fourth-order valence-corrected chi connectivity index (χ4v) is 1.98. The van der Waals surface area contributed by atoms with Crippen molar-refractivity contribution in [2.45, 2.75) is 18.9 Å². The third kappa shape index (κ3) is 4.34. The minimum atomic E-state index is -6.04. The molecule has 0 saturated heterocycles. The van der Waals surface area contributed by atoms with Gasteiger partial charge in [-0.1, -0.05) is 13.0 Å². The summed E-state index contributed by atoms with van der Waals surface area (Å²) in [6, 6.07) is 2.66. The topological polar surface area (TPSA) is 110 Å². The van der Waals surface area contributed by atoms with E-state index >= 15 is 0 Å². The van der Waals surface area contributed by atoms with Crippen molar-refractivity contribution in [3.05, 3.63) is 29.3 Å². The number of nitrogens with one attached hydrogen (secondary N) is 1. The molecular formula is C12H12F3NO6S. The summed E-state index contributed by atoms with van der Waals surface area (Å²) in [5.74, 6) is -3.70. The van der Waals surface area contributed by atoms with Gasteiger partial charge >= 0.3 is 21.6 Å². The second kappa shape index (κ2) is 6.86. The Balaban J connectivity index is 3.41. The molecule has 0 aliphatic heterocycles. The lowest BCUT2D eigenvalue weighted by Crippen LogP contribution is -2.31. The normalized spacial score (nSPS) is 11.8. The van der Waals surface area contributed by atoms with Crippen molar-refractivity contribution in [1.29, 1.82) is 0 Å². The molecule has 0 aromatic heterocycles. The Hall–Kier alpha value is -2.30. The quantitative estimate of drug-likeness (QED) is 0.594. The summed E-state index contributed by atoms with van der Waals surface area (Å²) in [4.78, 5) is 23.1. The Morgan fingerprint density at radius 2 is 1.91 bits per heavy atom. The zero-order valence-electron chi connectivity index (χ0n) is 11.7. The lowest BCUT2D eigenvalue weighted by atomic mass is 10.1. The third-order valence-electron chi connectivity index (χ3n) is 2.50. The summed E-state index contributed by atoms with van der Waals surface area (Å²) in [6.45, 7) is 1.80. The number of hydrogen-bond donors (Lipinski definition) is 2. The van der Waals surface area contributed by atoms with Gasteiger partial charge in [-0.05, 0) is 18.6 Å². The van der Waals surface area contributed by atoms with Crippen molar-refractivity contribution < 1.29 is 40.5 Å². The van der Waals surface area contributed by atoms with Gasteiger partial charge in [0.2, 0.25) is 0 Å². The zero-order chi connectivity index (χ0) is 17.8. The van der Waals surface area contributed by atoms with Gasteiger partial charge in [-0.15, -0.1) is 0 Å². The number of aromatic carboxylic acids is 1. The van der Waals surface area contributed by atoms with E-state index in [0.29, 0.717) is 6.42 Å². The maximum atomic E-state index is 12.4. The van der Waals surface area contributed by atoms with Crippen LogP contribution in [0.4, 0.5) is 13.2 Å². The number of amides is 1. The fraction of sp³-hybridized carbons (Fsp3) is 0.333. The molecule has 1 amide bonds. The largest absolute Gasteiger partial charge is 0.534 e. The van der Waals surface area contributed by atoms with Gasteiger partial charge in [0.25, 0.3) is 5.91 Å². The minimum absolute atomic E-state index is 0.109. The molecule has 23 heavy (non-hydrogen) atoms. The van der Waals surface area contributed by atoms with Crippen LogP contribution in [0.3, 0.4) is 0 Å². The van der Waals surface area contributed by atoms with E-state index in [1.54, 1.807) is 6.92 Å². The average Bonchev–Trinajstić information content (AvgIpc) is 2.42. The number of halogens is 3. The molecule has 0 heterocycles. The molecule has 1 aromatic carbocycles. The smallest absolute Gasteiger partial charge is 0.478 e. The van der Waals surface area contributed by atoms with Crippen molar-refractivity contribution >= 4 is 22.0 Å². The van der Waals surface area contributed by atoms with Crippen LogP contribution in [0.25, 0.3) is 0 Å². The van der Waals surface area contributed by atoms with Crippen LogP contribution in [-0.2, 0) is 10.1 Å². The van der Waals surface area contributed by atoms with Crippen LogP contribution in [0.5, 0.6) is 5.75 Å². The number of hydrogen-bond acceptors (Lipinski definition) is 5. The Labute approximate surface area is 129 Å². The minimum Gasteiger partial charge on any atom is -0.478 e. The maximum Gasteiger partial charge on any atom is 0.534 e. The van der Waals surface area contributed by atoms with Gasteiger partial charge in [-0.25, -0.2) is 4.79 Å². The number of carbonyl (C=O) groups excluding carboxylic acids is 1. The summed E-state index contributed by atoms with van der Waals surface area (Å²) in [5, 5.41) is 11.3. The molecular weight excluding hydrogens is 343 g/mol. The number of alkyl halides is 3. The highest BCUT2D eigenvalue weighted by Crippen LogP contribution is 2.30. The molecule has 0 aliphatic rings. The van der Waals surface area contributed by atoms with Gasteiger partial charge < -0.3 is 14.6 Å². The maximum absolute atomic E-state index is 12.4. The van der Waals surface area contributed by atoms with Crippen molar-refractivity contribution in [1.82, 2.24) is 5.32 Å². The van der Waals surface area contributed by atoms with E-state index in [0.717, 1.165) is 18.2 Å². The first kappa shape index (κ1) is 18.7. The number of carboxylic acids is 1. The molecule has 128 valence electrons.